The van der Waals surface area contributed by atoms with Crippen LogP contribution in [0.15, 0.2) is 29.2 Å². The highest BCUT2D eigenvalue weighted by atomic mass is 16.5. The van der Waals surface area contributed by atoms with E-state index in [2.05, 4.69) is 20.3 Å². The summed E-state index contributed by atoms with van der Waals surface area (Å²) in [5.74, 6) is 0.398. The fraction of sp³-hybridized carbons (Fsp3) is 0.474. The maximum atomic E-state index is 12.6. The largest absolute Gasteiger partial charge is 0.481 e. The van der Waals surface area contributed by atoms with E-state index in [1.165, 1.54) is 18.9 Å². The number of aryl methyl sites for hydroxylation is 1. The lowest BCUT2D eigenvalue weighted by molar-refractivity contribution is 0.0927. The number of rotatable bonds is 6. The van der Waals surface area contributed by atoms with Gasteiger partial charge in [-0.15, -0.1) is 0 Å². The Hall–Kier alpha value is -3.10. The monoisotopic (exact) mass is 387 g/mol. The first kappa shape index (κ1) is 19.7. The lowest BCUT2D eigenvalue weighted by Gasteiger charge is -2.33. The van der Waals surface area contributed by atoms with Gasteiger partial charge in [0.1, 0.15) is 5.56 Å². The summed E-state index contributed by atoms with van der Waals surface area (Å²) >= 11 is 0. The summed E-state index contributed by atoms with van der Waals surface area (Å²) in [4.78, 5) is 30.9. The summed E-state index contributed by atoms with van der Waals surface area (Å²) in [6.45, 7) is 3.91. The van der Waals surface area contributed by atoms with E-state index in [1.54, 1.807) is 24.4 Å². The lowest BCUT2D eigenvalue weighted by Crippen LogP contribution is -2.45. The van der Waals surface area contributed by atoms with Crippen molar-refractivity contribution in [2.24, 2.45) is 0 Å². The number of nitrogens with one attached hydrogen (secondary N) is 1. The summed E-state index contributed by atoms with van der Waals surface area (Å²) in [6.07, 6.45) is 3.26. The molecule has 0 radical (unpaired) electrons. The molecule has 2 aromatic heterocycles. The van der Waals surface area contributed by atoms with E-state index in [0.717, 1.165) is 31.6 Å². The lowest BCUT2D eigenvalue weighted by atomic mass is 10.0. The van der Waals surface area contributed by atoms with Crippen LogP contribution in [0.25, 0.3) is 0 Å². The van der Waals surface area contributed by atoms with Crippen molar-refractivity contribution in [3.63, 3.8) is 0 Å². The summed E-state index contributed by atoms with van der Waals surface area (Å²) < 4.78 is 11.7. The van der Waals surface area contributed by atoms with E-state index in [1.807, 2.05) is 6.92 Å². The van der Waals surface area contributed by atoms with Crippen molar-refractivity contribution in [2.45, 2.75) is 32.4 Å². The number of pyridine rings is 1. The van der Waals surface area contributed by atoms with Gasteiger partial charge in [0.2, 0.25) is 11.8 Å². The molecule has 2 aromatic rings. The van der Waals surface area contributed by atoms with Crippen molar-refractivity contribution in [1.82, 2.24) is 20.1 Å². The van der Waals surface area contributed by atoms with Gasteiger partial charge in [-0.2, -0.15) is 10.1 Å². The molecule has 0 saturated carbocycles. The van der Waals surface area contributed by atoms with Gasteiger partial charge < -0.3 is 19.7 Å². The molecule has 0 aromatic carbocycles. The average molecular weight is 387 g/mol. The number of ether oxygens (including phenoxy) is 2. The molecule has 0 unspecified atom stereocenters. The van der Waals surface area contributed by atoms with E-state index in [0.29, 0.717) is 18.0 Å². The number of carbonyl (C=O) groups is 1. The highest BCUT2D eigenvalue weighted by molar-refractivity contribution is 5.96. The number of hydrogen-bond acceptors (Lipinski definition) is 7. The predicted molar refractivity (Wildman–Crippen MR) is 104 cm³/mol. The Morgan fingerprint density at radius 3 is 2.61 bits per heavy atom. The fourth-order valence-corrected chi connectivity index (χ4v) is 3.25. The van der Waals surface area contributed by atoms with Crippen LogP contribution in [0.4, 0.5) is 5.69 Å². The zero-order valence-electron chi connectivity index (χ0n) is 16.3. The molecular formula is C19H25N5O4. The second kappa shape index (κ2) is 8.73. The smallest absolute Gasteiger partial charge is 0.268 e. The third-order valence-electron chi connectivity index (χ3n) is 4.83. The Morgan fingerprint density at radius 1 is 1.25 bits per heavy atom. The summed E-state index contributed by atoms with van der Waals surface area (Å²) in [7, 11) is 2.98. The van der Waals surface area contributed by atoms with Crippen LogP contribution in [0, 0.1) is 0 Å². The molecule has 9 heteroatoms. The third kappa shape index (κ3) is 4.24. The van der Waals surface area contributed by atoms with Gasteiger partial charge in [0.25, 0.3) is 11.5 Å². The van der Waals surface area contributed by atoms with Crippen LogP contribution in [-0.4, -0.2) is 54.0 Å². The number of carbonyl (C=O) groups excluding carboxylic acids is 1. The van der Waals surface area contributed by atoms with Crippen molar-refractivity contribution in [3.05, 3.63) is 40.3 Å². The zero-order chi connectivity index (χ0) is 20.1. The van der Waals surface area contributed by atoms with Crippen molar-refractivity contribution in [1.29, 1.82) is 0 Å². The Balaban J connectivity index is 1.60. The number of nitrogens with zero attached hydrogens (tertiary/aromatic N) is 4. The fourth-order valence-electron chi connectivity index (χ4n) is 3.25. The average Bonchev–Trinajstić information content (AvgIpc) is 2.73. The molecule has 28 heavy (non-hydrogen) atoms. The number of aromatic nitrogens is 3. The van der Waals surface area contributed by atoms with Crippen LogP contribution in [0.3, 0.4) is 0 Å². The van der Waals surface area contributed by atoms with E-state index < -0.39 is 0 Å². The minimum atomic E-state index is -0.224. The van der Waals surface area contributed by atoms with Gasteiger partial charge in [0, 0.05) is 37.8 Å². The molecule has 3 heterocycles. The number of piperidine rings is 1. The molecule has 0 bridgehead atoms. The van der Waals surface area contributed by atoms with Crippen LogP contribution >= 0.6 is 0 Å². The quantitative estimate of drug-likeness (QED) is 0.792. The Kier molecular flexibility index (Phi) is 6.13. The molecule has 1 saturated heterocycles. The van der Waals surface area contributed by atoms with Crippen molar-refractivity contribution < 1.29 is 14.3 Å². The van der Waals surface area contributed by atoms with Gasteiger partial charge in [-0.1, -0.05) is 0 Å². The van der Waals surface area contributed by atoms with E-state index in [9.17, 15) is 9.59 Å². The minimum Gasteiger partial charge on any atom is -0.481 e. The second-order valence-corrected chi connectivity index (χ2v) is 6.51. The molecule has 9 nitrogen and oxygen atoms in total. The maximum Gasteiger partial charge on any atom is 0.268 e. The Labute approximate surface area is 163 Å². The first-order chi connectivity index (χ1) is 13.5. The highest BCUT2D eigenvalue weighted by Crippen LogP contribution is 2.21. The number of hydrogen-bond donors (Lipinski definition) is 1. The van der Waals surface area contributed by atoms with E-state index >= 15 is 0 Å². The van der Waals surface area contributed by atoms with Crippen molar-refractivity contribution in [2.75, 3.05) is 32.2 Å². The molecule has 1 aliphatic heterocycles. The molecule has 1 N–H and O–H groups in total. The molecule has 150 valence electrons. The first-order valence-electron chi connectivity index (χ1n) is 9.27. The van der Waals surface area contributed by atoms with Gasteiger partial charge in [0.05, 0.1) is 26.1 Å². The number of amides is 1. The predicted octanol–water partition coefficient (Wildman–Crippen LogP) is 1.07. The zero-order valence-corrected chi connectivity index (χ0v) is 16.3. The topological polar surface area (TPSA) is 98.6 Å². The SMILES string of the molecule is CCn1ncc(N2CCC(NC(=O)c3ccc(OC)nc3OC)CC2)cc1=O. The molecule has 1 aliphatic rings. The molecule has 3 rings (SSSR count). The summed E-state index contributed by atoms with van der Waals surface area (Å²) in [6, 6.07) is 4.93. The summed E-state index contributed by atoms with van der Waals surface area (Å²) in [5, 5.41) is 7.21. The van der Waals surface area contributed by atoms with Crippen LogP contribution in [0.5, 0.6) is 11.8 Å². The van der Waals surface area contributed by atoms with E-state index in [4.69, 9.17) is 9.47 Å². The Morgan fingerprint density at radius 2 is 2.00 bits per heavy atom. The van der Waals surface area contributed by atoms with Crippen molar-refractivity contribution >= 4 is 11.6 Å². The number of methoxy groups -OCH3 is 2. The van der Waals surface area contributed by atoms with Gasteiger partial charge in [-0.05, 0) is 25.8 Å². The van der Waals surface area contributed by atoms with Crippen LogP contribution < -0.4 is 25.2 Å². The highest BCUT2D eigenvalue weighted by Gasteiger charge is 2.23. The second-order valence-electron chi connectivity index (χ2n) is 6.51. The number of anilines is 1. The van der Waals surface area contributed by atoms with Crippen LogP contribution in [-0.2, 0) is 6.54 Å². The van der Waals surface area contributed by atoms with Crippen molar-refractivity contribution in [3.8, 4) is 11.8 Å². The molecule has 1 amide bonds. The standard InChI is InChI=1S/C19H25N5O4/c1-4-24-17(25)11-14(12-20-24)23-9-7-13(8-10-23)21-18(26)15-5-6-16(27-2)22-19(15)28-3/h5-6,11-13H,4,7-10H2,1-3H3,(H,21,26). The molecule has 1 fully saturated rings. The van der Waals surface area contributed by atoms with Gasteiger partial charge in [-0.25, -0.2) is 4.68 Å². The molecule has 0 aliphatic carbocycles. The molecule has 0 spiro atoms. The Bertz CT molecular complexity index is 890. The van der Waals surface area contributed by atoms with Gasteiger partial charge in [-0.3, -0.25) is 9.59 Å². The first-order valence-corrected chi connectivity index (χ1v) is 9.27. The normalized spacial score (nSPS) is 14.6. The maximum absolute atomic E-state index is 12.6. The van der Waals surface area contributed by atoms with Crippen LogP contribution in [0.1, 0.15) is 30.1 Å². The molecule has 0 atom stereocenters. The molecular weight excluding hydrogens is 362 g/mol. The third-order valence-corrected chi connectivity index (χ3v) is 4.83. The van der Waals surface area contributed by atoms with Gasteiger partial charge in [0.15, 0.2) is 0 Å². The van der Waals surface area contributed by atoms with Gasteiger partial charge >= 0.3 is 0 Å². The summed E-state index contributed by atoms with van der Waals surface area (Å²) in [5.41, 5.74) is 1.09. The minimum absolute atomic E-state index is 0.0412. The van der Waals surface area contributed by atoms with Crippen LogP contribution in [0.2, 0.25) is 0 Å². The van der Waals surface area contributed by atoms with E-state index in [-0.39, 0.29) is 23.4 Å².